The van der Waals surface area contributed by atoms with Crippen LogP contribution in [0.3, 0.4) is 0 Å². The number of likely N-dealkylation sites (N-methyl/N-ethyl adjacent to an activating group) is 1. The first-order valence-electron chi connectivity index (χ1n) is 8.01. The summed E-state index contributed by atoms with van der Waals surface area (Å²) in [6.07, 6.45) is 1.82. The van der Waals surface area contributed by atoms with E-state index in [1.54, 1.807) is 0 Å². The summed E-state index contributed by atoms with van der Waals surface area (Å²) in [6.45, 7) is 6.13. The number of amides is 1. The van der Waals surface area contributed by atoms with E-state index in [0.717, 1.165) is 18.8 Å². The molecule has 1 aromatic carbocycles. The van der Waals surface area contributed by atoms with Crippen molar-refractivity contribution in [3.63, 3.8) is 0 Å². The summed E-state index contributed by atoms with van der Waals surface area (Å²) in [4.78, 5) is 13.8. The molecule has 1 aromatic heterocycles. The molecule has 0 bridgehead atoms. The lowest BCUT2D eigenvalue weighted by Crippen LogP contribution is -2.34. The van der Waals surface area contributed by atoms with Crippen molar-refractivity contribution in [3.8, 4) is 11.3 Å². The molecule has 23 heavy (non-hydrogen) atoms. The average Bonchev–Trinajstić information content (AvgIpc) is 2.93. The molecule has 5 nitrogen and oxygen atoms in total. The summed E-state index contributed by atoms with van der Waals surface area (Å²) in [5.41, 5.74) is 3.57. The van der Waals surface area contributed by atoms with Gasteiger partial charge in [0.25, 0.3) is 0 Å². The molecular formula is C18H26N4O. The number of nitrogens with zero attached hydrogens (tertiary/aromatic N) is 3. The maximum Gasteiger partial charge on any atom is 0.222 e. The van der Waals surface area contributed by atoms with Gasteiger partial charge in [-0.1, -0.05) is 38.1 Å². The highest BCUT2D eigenvalue weighted by Gasteiger charge is 2.11. The first kappa shape index (κ1) is 17.2. The van der Waals surface area contributed by atoms with Crippen molar-refractivity contribution >= 4 is 5.91 Å². The highest BCUT2D eigenvalue weighted by Crippen LogP contribution is 2.23. The van der Waals surface area contributed by atoms with Crippen molar-refractivity contribution in [3.05, 3.63) is 42.1 Å². The monoisotopic (exact) mass is 314 g/mol. The van der Waals surface area contributed by atoms with Crippen LogP contribution in [-0.4, -0.2) is 40.7 Å². The Labute approximate surface area is 138 Å². The smallest absolute Gasteiger partial charge is 0.222 e. The quantitative estimate of drug-likeness (QED) is 0.853. The summed E-state index contributed by atoms with van der Waals surface area (Å²) < 4.78 is 1.89. The van der Waals surface area contributed by atoms with E-state index in [0.29, 0.717) is 6.54 Å². The Morgan fingerprint density at radius 2 is 2.04 bits per heavy atom. The van der Waals surface area contributed by atoms with E-state index in [2.05, 4.69) is 46.6 Å². The van der Waals surface area contributed by atoms with Crippen molar-refractivity contribution in [1.82, 2.24) is 20.0 Å². The van der Waals surface area contributed by atoms with E-state index in [-0.39, 0.29) is 11.8 Å². The Kier molecular flexibility index (Phi) is 5.93. The van der Waals surface area contributed by atoms with Crippen molar-refractivity contribution in [2.75, 3.05) is 20.1 Å². The van der Waals surface area contributed by atoms with Crippen molar-refractivity contribution in [1.29, 1.82) is 0 Å². The topological polar surface area (TPSA) is 50.2 Å². The van der Waals surface area contributed by atoms with Crippen LogP contribution in [0.2, 0.25) is 0 Å². The van der Waals surface area contributed by atoms with Crippen LogP contribution in [-0.2, 0) is 18.4 Å². The zero-order valence-corrected chi connectivity index (χ0v) is 14.4. The maximum atomic E-state index is 11.6. The number of rotatable bonds is 7. The Hall–Kier alpha value is -2.14. The number of nitrogens with one attached hydrogen (secondary N) is 1. The number of carbonyl (C=O) groups is 1. The lowest BCUT2D eigenvalue weighted by molar-refractivity contribution is -0.124. The predicted molar refractivity (Wildman–Crippen MR) is 92.8 cm³/mol. The van der Waals surface area contributed by atoms with E-state index in [9.17, 15) is 4.79 Å². The molecule has 1 heterocycles. The van der Waals surface area contributed by atoms with Gasteiger partial charge in [-0.2, -0.15) is 5.10 Å². The van der Waals surface area contributed by atoms with E-state index >= 15 is 0 Å². The number of hydrogen-bond acceptors (Lipinski definition) is 3. The normalized spacial score (nSPS) is 11.2. The number of aromatic nitrogens is 2. The van der Waals surface area contributed by atoms with Gasteiger partial charge < -0.3 is 10.2 Å². The fourth-order valence-electron chi connectivity index (χ4n) is 2.49. The van der Waals surface area contributed by atoms with Gasteiger partial charge in [-0.3, -0.25) is 9.48 Å². The van der Waals surface area contributed by atoms with Gasteiger partial charge in [-0.05, 0) is 18.7 Å². The van der Waals surface area contributed by atoms with Crippen LogP contribution in [0, 0.1) is 5.92 Å². The molecule has 1 N–H and O–H groups in total. The van der Waals surface area contributed by atoms with Gasteiger partial charge in [0.2, 0.25) is 5.91 Å². The van der Waals surface area contributed by atoms with Crippen molar-refractivity contribution < 1.29 is 4.79 Å². The Morgan fingerprint density at radius 3 is 2.70 bits per heavy atom. The summed E-state index contributed by atoms with van der Waals surface area (Å²) in [5.74, 6) is 0.138. The molecule has 0 radical (unpaired) electrons. The van der Waals surface area contributed by atoms with Crippen LogP contribution in [0.25, 0.3) is 11.3 Å². The van der Waals surface area contributed by atoms with Crippen LogP contribution < -0.4 is 5.32 Å². The molecule has 0 saturated heterocycles. The third kappa shape index (κ3) is 4.66. The molecule has 0 spiro atoms. The molecule has 2 aromatic rings. The molecule has 0 aliphatic heterocycles. The third-order valence-corrected chi connectivity index (χ3v) is 3.87. The molecule has 124 valence electrons. The molecule has 2 rings (SSSR count). The van der Waals surface area contributed by atoms with Gasteiger partial charge in [0.15, 0.2) is 0 Å². The van der Waals surface area contributed by atoms with Crippen LogP contribution in [0.1, 0.15) is 19.4 Å². The first-order chi connectivity index (χ1) is 11.0. The van der Waals surface area contributed by atoms with Gasteiger partial charge in [0, 0.05) is 44.4 Å². The van der Waals surface area contributed by atoms with E-state index in [1.807, 2.05) is 37.8 Å². The van der Waals surface area contributed by atoms with E-state index in [4.69, 9.17) is 0 Å². The lowest BCUT2D eigenvalue weighted by Gasteiger charge is -2.19. The molecule has 0 aliphatic carbocycles. The van der Waals surface area contributed by atoms with Crippen molar-refractivity contribution in [2.45, 2.75) is 20.4 Å². The fourth-order valence-corrected chi connectivity index (χ4v) is 2.49. The SMILES string of the molecule is CC(C)C(=O)NCCN(C)Cc1ccccc1-c1ccnn1C. The lowest BCUT2D eigenvalue weighted by atomic mass is 10.0. The van der Waals surface area contributed by atoms with Crippen molar-refractivity contribution in [2.24, 2.45) is 13.0 Å². The summed E-state index contributed by atoms with van der Waals surface area (Å²) in [7, 11) is 4.03. The van der Waals surface area contributed by atoms with Gasteiger partial charge in [0.05, 0.1) is 5.69 Å². The minimum Gasteiger partial charge on any atom is -0.355 e. The van der Waals surface area contributed by atoms with E-state index < -0.39 is 0 Å². The van der Waals surface area contributed by atoms with Crippen LogP contribution >= 0.6 is 0 Å². The molecule has 0 unspecified atom stereocenters. The molecule has 0 aliphatic rings. The molecule has 5 heteroatoms. The predicted octanol–water partition coefficient (Wildman–Crippen LogP) is 2.29. The zero-order chi connectivity index (χ0) is 16.8. The van der Waals surface area contributed by atoms with Crippen LogP contribution in [0.15, 0.2) is 36.5 Å². The fraction of sp³-hybridized carbons (Fsp3) is 0.444. The number of hydrogen-bond donors (Lipinski definition) is 1. The summed E-state index contributed by atoms with van der Waals surface area (Å²) in [6, 6.07) is 10.4. The molecule has 0 atom stereocenters. The second-order valence-electron chi connectivity index (χ2n) is 6.18. The van der Waals surface area contributed by atoms with Crippen LogP contribution in [0.4, 0.5) is 0 Å². The minimum absolute atomic E-state index is 0.0332. The maximum absolute atomic E-state index is 11.6. The third-order valence-electron chi connectivity index (χ3n) is 3.87. The first-order valence-corrected chi connectivity index (χ1v) is 8.01. The minimum atomic E-state index is 0.0332. The van der Waals surface area contributed by atoms with E-state index in [1.165, 1.54) is 11.1 Å². The second-order valence-corrected chi connectivity index (χ2v) is 6.18. The Bertz CT molecular complexity index is 648. The van der Waals surface area contributed by atoms with Gasteiger partial charge >= 0.3 is 0 Å². The van der Waals surface area contributed by atoms with Gasteiger partial charge in [-0.15, -0.1) is 0 Å². The van der Waals surface area contributed by atoms with Crippen LogP contribution in [0.5, 0.6) is 0 Å². The highest BCUT2D eigenvalue weighted by molar-refractivity contribution is 5.77. The molecule has 0 saturated carbocycles. The standard InChI is InChI=1S/C18H26N4O/c1-14(2)18(23)19-11-12-21(3)13-15-7-5-6-8-16(15)17-9-10-20-22(17)4/h5-10,14H,11-13H2,1-4H3,(H,19,23). The Morgan fingerprint density at radius 1 is 1.30 bits per heavy atom. The molecular weight excluding hydrogens is 288 g/mol. The number of aryl methyl sites for hydroxylation is 1. The summed E-state index contributed by atoms with van der Waals surface area (Å²) in [5, 5.41) is 7.21. The summed E-state index contributed by atoms with van der Waals surface area (Å²) >= 11 is 0. The molecule has 1 amide bonds. The largest absolute Gasteiger partial charge is 0.355 e. The number of benzene rings is 1. The zero-order valence-electron chi connectivity index (χ0n) is 14.4. The van der Waals surface area contributed by atoms with Gasteiger partial charge in [0.1, 0.15) is 0 Å². The second kappa shape index (κ2) is 7.92. The average molecular weight is 314 g/mol. The molecule has 0 fully saturated rings. The van der Waals surface area contributed by atoms with Gasteiger partial charge in [-0.25, -0.2) is 0 Å². The number of carbonyl (C=O) groups excluding carboxylic acids is 1. The Balaban J connectivity index is 1.98. The highest BCUT2D eigenvalue weighted by atomic mass is 16.1.